The van der Waals surface area contributed by atoms with Crippen LogP contribution in [0.4, 0.5) is 5.69 Å². The van der Waals surface area contributed by atoms with Crippen molar-refractivity contribution in [2.75, 3.05) is 26.5 Å². The fourth-order valence-electron chi connectivity index (χ4n) is 1.56. The molecule has 0 unspecified atom stereocenters. The van der Waals surface area contributed by atoms with Crippen LogP contribution >= 0.6 is 0 Å². The summed E-state index contributed by atoms with van der Waals surface area (Å²) in [5, 5.41) is 3.05. The van der Waals surface area contributed by atoms with Crippen LogP contribution in [0, 0.1) is 0 Å². The van der Waals surface area contributed by atoms with Crippen molar-refractivity contribution in [3.05, 3.63) is 23.8 Å². The van der Waals surface area contributed by atoms with E-state index in [1.54, 1.807) is 19.0 Å². The van der Waals surface area contributed by atoms with E-state index in [1.165, 1.54) is 0 Å². The highest BCUT2D eigenvalue weighted by molar-refractivity contribution is 5.97. The van der Waals surface area contributed by atoms with Gasteiger partial charge in [0.1, 0.15) is 5.75 Å². The number of anilines is 1. The summed E-state index contributed by atoms with van der Waals surface area (Å²) >= 11 is 0. The number of hydrogen-bond acceptors (Lipinski definition) is 3. The lowest BCUT2D eigenvalue weighted by molar-refractivity contribution is 0.0823. The number of nitrogens with one attached hydrogen (secondary N) is 1. The summed E-state index contributed by atoms with van der Waals surface area (Å²) < 4.78 is 5.78. The van der Waals surface area contributed by atoms with E-state index < -0.39 is 0 Å². The Bertz CT molecular complexity index is 425. The Kier molecular flexibility index (Phi) is 3.22. The fraction of sp³-hybridized carbons (Fsp3) is 0.462. The van der Waals surface area contributed by atoms with Crippen molar-refractivity contribution >= 4 is 11.6 Å². The smallest absolute Gasteiger partial charge is 0.257 e. The Morgan fingerprint density at radius 3 is 2.65 bits per heavy atom. The van der Waals surface area contributed by atoms with Crippen molar-refractivity contribution in [3.8, 4) is 5.75 Å². The Balaban J connectivity index is 2.31. The average molecular weight is 234 g/mol. The molecule has 0 atom stereocenters. The number of carbonyl (C=O) groups is 1. The lowest BCUT2D eigenvalue weighted by Crippen LogP contribution is -2.22. The van der Waals surface area contributed by atoms with Crippen LogP contribution in [-0.2, 0) is 0 Å². The van der Waals surface area contributed by atoms with E-state index in [0.717, 1.165) is 18.5 Å². The minimum absolute atomic E-state index is 0.0247. The number of benzene rings is 1. The van der Waals surface area contributed by atoms with Gasteiger partial charge in [-0.3, -0.25) is 4.79 Å². The first kappa shape index (κ1) is 11.8. The van der Waals surface area contributed by atoms with Gasteiger partial charge in [-0.25, -0.2) is 0 Å². The number of nitrogens with zero attached hydrogens (tertiary/aromatic N) is 1. The molecular weight excluding hydrogens is 216 g/mol. The van der Waals surface area contributed by atoms with Gasteiger partial charge in [0.15, 0.2) is 0 Å². The van der Waals surface area contributed by atoms with Crippen molar-refractivity contribution in [2.45, 2.75) is 18.9 Å². The summed E-state index contributed by atoms with van der Waals surface area (Å²) in [7, 11) is 5.34. The van der Waals surface area contributed by atoms with Gasteiger partial charge < -0.3 is 15.0 Å². The van der Waals surface area contributed by atoms with E-state index in [9.17, 15) is 4.79 Å². The van der Waals surface area contributed by atoms with Crippen LogP contribution in [0.15, 0.2) is 18.2 Å². The molecule has 0 spiro atoms. The third-order valence-corrected chi connectivity index (χ3v) is 2.72. The quantitative estimate of drug-likeness (QED) is 0.866. The number of amides is 1. The first-order valence-electron chi connectivity index (χ1n) is 5.82. The van der Waals surface area contributed by atoms with Gasteiger partial charge >= 0.3 is 0 Å². The van der Waals surface area contributed by atoms with Crippen LogP contribution in [0.3, 0.4) is 0 Å². The Labute approximate surface area is 102 Å². The highest BCUT2D eigenvalue weighted by Crippen LogP contribution is 2.31. The summed E-state index contributed by atoms with van der Waals surface area (Å²) in [4.78, 5) is 13.6. The molecule has 4 nitrogen and oxygen atoms in total. The molecule has 1 amide bonds. The Morgan fingerprint density at radius 2 is 2.12 bits per heavy atom. The summed E-state index contributed by atoms with van der Waals surface area (Å²) in [6.07, 6.45) is 2.45. The predicted molar refractivity (Wildman–Crippen MR) is 67.7 cm³/mol. The zero-order valence-corrected chi connectivity index (χ0v) is 10.5. The predicted octanol–water partition coefficient (Wildman–Crippen LogP) is 1.97. The Morgan fingerprint density at radius 1 is 1.41 bits per heavy atom. The van der Waals surface area contributed by atoms with Crippen LogP contribution in [0.25, 0.3) is 0 Å². The van der Waals surface area contributed by atoms with Crippen molar-refractivity contribution in [3.63, 3.8) is 0 Å². The molecule has 2 rings (SSSR count). The second-order valence-electron chi connectivity index (χ2n) is 4.48. The molecule has 1 aromatic rings. The van der Waals surface area contributed by atoms with Gasteiger partial charge in [-0.1, -0.05) is 0 Å². The number of carbonyl (C=O) groups excluding carboxylic acids is 1. The van der Waals surface area contributed by atoms with E-state index in [2.05, 4.69) is 5.32 Å². The maximum Gasteiger partial charge on any atom is 0.257 e. The molecule has 0 heterocycles. The van der Waals surface area contributed by atoms with E-state index in [1.807, 2.05) is 25.2 Å². The molecule has 17 heavy (non-hydrogen) atoms. The van der Waals surface area contributed by atoms with E-state index in [-0.39, 0.29) is 12.0 Å². The van der Waals surface area contributed by atoms with Gasteiger partial charge in [-0.15, -0.1) is 0 Å². The highest BCUT2D eigenvalue weighted by atomic mass is 16.5. The number of rotatable bonds is 4. The molecule has 92 valence electrons. The molecule has 1 aromatic carbocycles. The zero-order chi connectivity index (χ0) is 12.4. The van der Waals surface area contributed by atoms with E-state index in [4.69, 9.17) is 4.74 Å². The Hall–Kier alpha value is -1.71. The van der Waals surface area contributed by atoms with E-state index in [0.29, 0.717) is 11.3 Å². The second kappa shape index (κ2) is 4.65. The van der Waals surface area contributed by atoms with Gasteiger partial charge in [-0.05, 0) is 25.0 Å². The minimum Gasteiger partial charge on any atom is -0.490 e. The van der Waals surface area contributed by atoms with Crippen molar-refractivity contribution in [1.82, 2.24) is 4.90 Å². The molecule has 0 aromatic heterocycles. The summed E-state index contributed by atoms with van der Waals surface area (Å²) in [6.45, 7) is 0. The average Bonchev–Trinajstić information content (AvgIpc) is 3.11. The third-order valence-electron chi connectivity index (χ3n) is 2.72. The van der Waals surface area contributed by atoms with Gasteiger partial charge in [0.25, 0.3) is 5.91 Å². The molecule has 1 saturated carbocycles. The molecule has 1 aliphatic rings. The molecule has 0 saturated heterocycles. The molecule has 0 bridgehead atoms. The molecule has 0 aliphatic heterocycles. The molecule has 1 fully saturated rings. The lowest BCUT2D eigenvalue weighted by Gasteiger charge is -2.15. The maximum atomic E-state index is 12.0. The van der Waals surface area contributed by atoms with Crippen LogP contribution in [0.2, 0.25) is 0 Å². The van der Waals surface area contributed by atoms with Crippen molar-refractivity contribution < 1.29 is 9.53 Å². The molecule has 4 heteroatoms. The lowest BCUT2D eigenvalue weighted by atomic mass is 10.1. The molecular formula is C13H18N2O2. The fourth-order valence-corrected chi connectivity index (χ4v) is 1.56. The third kappa shape index (κ3) is 2.70. The summed E-state index contributed by atoms with van der Waals surface area (Å²) in [5.74, 6) is 0.654. The van der Waals surface area contributed by atoms with E-state index >= 15 is 0 Å². The van der Waals surface area contributed by atoms with Crippen LogP contribution in [-0.4, -0.2) is 38.1 Å². The normalized spacial score (nSPS) is 14.3. The monoisotopic (exact) mass is 234 g/mol. The largest absolute Gasteiger partial charge is 0.490 e. The highest BCUT2D eigenvalue weighted by Gasteiger charge is 2.26. The van der Waals surface area contributed by atoms with Gasteiger partial charge in [0.05, 0.1) is 11.7 Å². The summed E-state index contributed by atoms with van der Waals surface area (Å²) in [5.41, 5.74) is 1.58. The van der Waals surface area contributed by atoms with Crippen molar-refractivity contribution in [1.29, 1.82) is 0 Å². The number of hydrogen-bond donors (Lipinski definition) is 1. The minimum atomic E-state index is -0.0247. The molecule has 1 aliphatic carbocycles. The van der Waals surface area contributed by atoms with Crippen LogP contribution in [0.1, 0.15) is 23.2 Å². The second-order valence-corrected chi connectivity index (χ2v) is 4.48. The molecule has 1 N–H and O–H groups in total. The summed E-state index contributed by atoms with van der Waals surface area (Å²) in [6, 6.07) is 5.58. The number of ether oxygens (including phenoxy) is 1. The zero-order valence-electron chi connectivity index (χ0n) is 10.5. The van der Waals surface area contributed by atoms with Crippen molar-refractivity contribution in [2.24, 2.45) is 0 Å². The standard InChI is InChI=1S/C13H18N2O2/c1-14-9-4-7-11(13(16)15(2)3)12(8-9)17-10-5-6-10/h4,7-8,10,14H,5-6H2,1-3H3. The van der Waals surface area contributed by atoms with Crippen LogP contribution < -0.4 is 10.1 Å². The first-order valence-corrected chi connectivity index (χ1v) is 5.82. The first-order chi connectivity index (χ1) is 8.11. The SMILES string of the molecule is CNc1ccc(C(=O)N(C)C)c(OC2CC2)c1. The van der Waals surface area contributed by atoms with Gasteiger partial charge in [0.2, 0.25) is 0 Å². The van der Waals surface area contributed by atoms with Crippen LogP contribution in [0.5, 0.6) is 5.75 Å². The van der Waals surface area contributed by atoms with Gasteiger partial charge in [0, 0.05) is 32.9 Å². The topological polar surface area (TPSA) is 41.6 Å². The van der Waals surface area contributed by atoms with Gasteiger partial charge in [-0.2, -0.15) is 0 Å². The maximum absolute atomic E-state index is 12.0. The molecule has 0 radical (unpaired) electrons.